The normalized spacial score (nSPS) is 12.7. The standard InChI is InChI=1S/C11H17NO2S/c1-3-9-4-5-11(15-9)10(13)6-8(12)7-14-2/h4-5,8H,3,6-7,12H2,1-2H3. The Morgan fingerprint density at radius 1 is 1.60 bits per heavy atom. The molecule has 1 heterocycles. The summed E-state index contributed by atoms with van der Waals surface area (Å²) in [5.74, 6) is 0.115. The summed E-state index contributed by atoms with van der Waals surface area (Å²) >= 11 is 1.56. The first-order valence-corrected chi connectivity index (χ1v) is 5.85. The maximum atomic E-state index is 11.7. The molecule has 0 saturated carbocycles. The van der Waals surface area contributed by atoms with Crippen LogP contribution in [0.25, 0.3) is 0 Å². The molecule has 1 unspecified atom stereocenters. The smallest absolute Gasteiger partial charge is 0.174 e. The van der Waals surface area contributed by atoms with Crippen LogP contribution in [-0.4, -0.2) is 25.5 Å². The Hall–Kier alpha value is -0.710. The van der Waals surface area contributed by atoms with Crippen LogP contribution in [0.4, 0.5) is 0 Å². The van der Waals surface area contributed by atoms with Gasteiger partial charge in [0.25, 0.3) is 0 Å². The Balaban J connectivity index is 2.53. The summed E-state index contributed by atoms with van der Waals surface area (Å²) in [7, 11) is 1.59. The van der Waals surface area contributed by atoms with E-state index in [1.165, 1.54) is 4.88 Å². The van der Waals surface area contributed by atoms with E-state index in [4.69, 9.17) is 10.5 Å². The predicted molar refractivity (Wildman–Crippen MR) is 62.5 cm³/mol. The number of carbonyl (C=O) groups is 1. The van der Waals surface area contributed by atoms with Gasteiger partial charge in [0, 0.05) is 24.4 Å². The molecule has 0 saturated heterocycles. The van der Waals surface area contributed by atoms with Gasteiger partial charge in [0.2, 0.25) is 0 Å². The fourth-order valence-electron chi connectivity index (χ4n) is 1.33. The van der Waals surface area contributed by atoms with Crippen molar-refractivity contribution in [1.82, 2.24) is 0 Å². The molecule has 1 aromatic heterocycles. The van der Waals surface area contributed by atoms with Gasteiger partial charge in [-0.1, -0.05) is 6.92 Å². The molecular formula is C11H17NO2S. The van der Waals surface area contributed by atoms with Crippen LogP contribution in [-0.2, 0) is 11.2 Å². The molecule has 0 fully saturated rings. The maximum absolute atomic E-state index is 11.7. The van der Waals surface area contributed by atoms with Crippen LogP contribution in [0.3, 0.4) is 0 Å². The van der Waals surface area contributed by atoms with Crippen molar-refractivity contribution in [2.75, 3.05) is 13.7 Å². The van der Waals surface area contributed by atoms with Crippen LogP contribution in [0.5, 0.6) is 0 Å². The largest absolute Gasteiger partial charge is 0.383 e. The second-order valence-electron chi connectivity index (χ2n) is 3.46. The van der Waals surface area contributed by atoms with Crippen molar-refractivity contribution in [3.8, 4) is 0 Å². The van der Waals surface area contributed by atoms with Gasteiger partial charge in [-0.15, -0.1) is 11.3 Å². The van der Waals surface area contributed by atoms with Gasteiger partial charge in [-0.25, -0.2) is 0 Å². The highest BCUT2D eigenvalue weighted by atomic mass is 32.1. The summed E-state index contributed by atoms with van der Waals surface area (Å²) < 4.78 is 4.89. The zero-order valence-corrected chi connectivity index (χ0v) is 9.97. The summed E-state index contributed by atoms with van der Waals surface area (Å²) in [6.45, 7) is 2.51. The van der Waals surface area contributed by atoms with Crippen molar-refractivity contribution >= 4 is 17.1 Å². The number of thiophene rings is 1. The van der Waals surface area contributed by atoms with Crippen LogP contribution in [0.2, 0.25) is 0 Å². The molecule has 0 radical (unpaired) electrons. The summed E-state index contributed by atoms with van der Waals surface area (Å²) in [4.78, 5) is 13.8. The molecule has 0 aliphatic heterocycles. The highest BCUT2D eigenvalue weighted by Gasteiger charge is 2.13. The second kappa shape index (κ2) is 6.00. The van der Waals surface area contributed by atoms with Crippen molar-refractivity contribution in [2.45, 2.75) is 25.8 Å². The molecule has 0 amide bonds. The van der Waals surface area contributed by atoms with Crippen LogP contribution < -0.4 is 5.73 Å². The minimum atomic E-state index is -0.199. The average molecular weight is 227 g/mol. The number of nitrogens with two attached hydrogens (primary N) is 1. The van der Waals surface area contributed by atoms with E-state index in [2.05, 4.69) is 6.92 Å². The molecule has 1 aromatic rings. The van der Waals surface area contributed by atoms with Gasteiger partial charge in [0.15, 0.2) is 5.78 Å². The number of rotatable bonds is 6. The first-order chi connectivity index (χ1) is 7.17. The second-order valence-corrected chi connectivity index (χ2v) is 4.63. The van der Waals surface area contributed by atoms with Crippen LogP contribution in [0, 0.1) is 0 Å². The van der Waals surface area contributed by atoms with E-state index in [0.717, 1.165) is 11.3 Å². The van der Waals surface area contributed by atoms with Crippen molar-refractivity contribution < 1.29 is 9.53 Å². The van der Waals surface area contributed by atoms with E-state index in [9.17, 15) is 4.79 Å². The van der Waals surface area contributed by atoms with Crippen molar-refractivity contribution in [2.24, 2.45) is 5.73 Å². The Morgan fingerprint density at radius 3 is 2.87 bits per heavy atom. The molecule has 1 atom stereocenters. The lowest BCUT2D eigenvalue weighted by Crippen LogP contribution is -2.28. The van der Waals surface area contributed by atoms with Crippen molar-refractivity contribution in [3.05, 3.63) is 21.9 Å². The molecule has 0 aromatic carbocycles. The van der Waals surface area contributed by atoms with E-state index in [-0.39, 0.29) is 11.8 Å². The van der Waals surface area contributed by atoms with Gasteiger partial charge in [0.05, 0.1) is 11.5 Å². The number of hydrogen-bond acceptors (Lipinski definition) is 4. The molecule has 15 heavy (non-hydrogen) atoms. The van der Waals surface area contributed by atoms with Gasteiger partial charge >= 0.3 is 0 Å². The fraction of sp³-hybridized carbons (Fsp3) is 0.545. The van der Waals surface area contributed by atoms with E-state index in [1.54, 1.807) is 18.4 Å². The first-order valence-electron chi connectivity index (χ1n) is 5.03. The number of carbonyl (C=O) groups excluding carboxylic acids is 1. The lowest BCUT2D eigenvalue weighted by molar-refractivity contribution is 0.0953. The van der Waals surface area contributed by atoms with Crippen molar-refractivity contribution in [3.63, 3.8) is 0 Å². The van der Waals surface area contributed by atoms with E-state index in [0.29, 0.717) is 13.0 Å². The Bertz CT molecular complexity index is 322. The van der Waals surface area contributed by atoms with Crippen LogP contribution in [0.1, 0.15) is 27.9 Å². The van der Waals surface area contributed by atoms with E-state index < -0.39 is 0 Å². The third-order valence-corrected chi connectivity index (χ3v) is 3.38. The molecule has 0 aliphatic rings. The van der Waals surface area contributed by atoms with Gasteiger partial charge in [-0.05, 0) is 18.6 Å². The zero-order chi connectivity index (χ0) is 11.3. The number of ether oxygens (including phenoxy) is 1. The lowest BCUT2D eigenvalue weighted by atomic mass is 10.1. The summed E-state index contributed by atoms with van der Waals surface area (Å²) in [6.07, 6.45) is 1.33. The minimum absolute atomic E-state index is 0.115. The van der Waals surface area contributed by atoms with Crippen LogP contribution >= 0.6 is 11.3 Å². The highest BCUT2D eigenvalue weighted by molar-refractivity contribution is 7.14. The number of Topliss-reactive ketones (excluding diaryl/α,β-unsaturated/α-hetero) is 1. The number of methoxy groups -OCH3 is 1. The van der Waals surface area contributed by atoms with Gasteiger partial charge in [0.1, 0.15) is 0 Å². The van der Waals surface area contributed by atoms with E-state index in [1.807, 2.05) is 12.1 Å². The number of ketones is 1. The Morgan fingerprint density at radius 2 is 2.33 bits per heavy atom. The molecule has 3 nitrogen and oxygen atoms in total. The number of hydrogen-bond donors (Lipinski definition) is 1. The molecule has 84 valence electrons. The Labute approximate surface area is 94.2 Å². The minimum Gasteiger partial charge on any atom is -0.383 e. The van der Waals surface area contributed by atoms with Gasteiger partial charge in [-0.2, -0.15) is 0 Å². The Kier molecular flexibility index (Phi) is 4.94. The molecule has 0 spiro atoms. The molecule has 2 N–H and O–H groups in total. The third kappa shape index (κ3) is 3.74. The average Bonchev–Trinajstić information content (AvgIpc) is 2.66. The van der Waals surface area contributed by atoms with Crippen LogP contribution in [0.15, 0.2) is 12.1 Å². The molecular weight excluding hydrogens is 210 g/mol. The topological polar surface area (TPSA) is 52.3 Å². The SMILES string of the molecule is CCc1ccc(C(=O)CC(N)COC)s1. The zero-order valence-electron chi connectivity index (χ0n) is 9.16. The van der Waals surface area contributed by atoms with E-state index >= 15 is 0 Å². The van der Waals surface area contributed by atoms with Gasteiger partial charge in [-0.3, -0.25) is 4.79 Å². The third-order valence-electron chi connectivity index (χ3n) is 2.11. The number of aryl methyl sites for hydroxylation is 1. The maximum Gasteiger partial charge on any atom is 0.174 e. The predicted octanol–water partition coefficient (Wildman–Crippen LogP) is 1.86. The summed E-state index contributed by atoms with van der Waals surface area (Å²) in [5.41, 5.74) is 5.72. The lowest BCUT2D eigenvalue weighted by Gasteiger charge is -2.07. The molecule has 4 heteroatoms. The molecule has 0 bridgehead atoms. The fourth-order valence-corrected chi connectivity index (χ4v) is 2.23. The molecule has 0 aliphatic carbocycles. The van der Waals surface area contributed by atoms with Crippen molar-refractivity contribution in [1.29, 1.82) is 0 Å². The molecule has 1 rings (SSSR count). The van der Waals surface area contributed by atoms with Gasteiger partial charge < -0.3 is 10.5 Å². The monoisotopic (exact) mass is 227 g/mol. The first kappa shape index (κ1) is 12.4. The quantitative estimate of drug-likeness (QED) is 0.755. The highest BCUT2D eigenvalue weighted by Crippen LogP contribution is 2.18. The summed E-state index contributed by atoms with van der Waals surface area (Å²) in [6, 6.07) is 3.68. The summed E-state index contributed by atoms with van der Waals surface area (Å²) in [5, 5.41) is 0.